The first-order valence-corrected chi connectivity index (χ1v) is 6.20. The molecule has 0 bridgehead atoms. The van der Waals surface area contributed by atoms with Crippen molar-refractivity contribution in [2.75, 3.05) is 13.2 Å². The second kappa shape index (κ2) is 7.24. The van der Waals surface area contributed by atoms with Crippen LogP contribution < -0.4 is 5.73 Å². The second-order valence-corrected chi connectivity index (χ2v) is 4.40. The van der Waals surface area contributed by atoms with Crippen molar-refractivity contribution in [2.45, 2.75) is 58.0 Å². The van der Waals surface area contributed by atoms with Gasteiger partial charge >= 0.3 is 0 Å². The van der Waals surface area contributed by atoms with Gasteiger partial charge in [-0.3, -0.25) is 0 Å². The minimum absolute atomic E-state index is 0.474. The molecule has 0 radical (unpaired) electrons. The molecule has 1 aliphatic carbocycles. The van der Waals surface area contributed by atoms with Gasteiger partial charge in [-0.25, -0.2) is 0 Å². The summed E-state index contributed by atoms with van der Waals surface area (Å²) in [4.78, 5) is 0. The van der Waals surface area contributed by atoms with E-state index in [2.05, 4.69) is 6.92 Å². The van der Waals surface area contributed by atoms with Crippen molar-refractivity contribution in [3.8, 4) is 0 Å². The van der Waals surface area contributed by atoms with Gasteiger partial charge in [0.05, 0.1) is 6.10 Å². The molecule has 0 amide bonds. The van der Waals surface area contributed by atoms with Crippen LogP contribution in [0.4, 0.5) is 0 Å². The maximum atomic E-state index is 5.87. The highest BCUT2D eigenvalue weighted by atomic mass is 16.5. The largest absolute Gasteiger partial charge is 0.378 e. The van der Waals surface area contributed by atoms with Crippen LogP contribution in [0.15, 0.2) is 0 Å². The number of unbranched alkanes of at least 4 members (excludes halogenated alkanes) is 3. The van der Waals surface area contributed by atoms with E-state index in [-0.39, 0.29) is 0 Å². The predicted molar refractivity (Wildman–Crippen MR) is 60.3 cm³/mol. The van der Waals surface area contributed by atoms with Crippen LogP contribution in [0, 0.1) is 5.92 Å². The lowest BCUT2D eigenvalue weighted by Gasteiger charge is -2.18. The minimum Gasteiger partial charge on any atom is -0.378 e. The average Bonchev–Trinajstić information content (AvgIpc) is 2.65. The van der Waals surface area contributed by atoms with Crippen molar-refractivity contribution in [1.82, 2.24) is 0 Å². The Morgan fingerprint density at radius 2 is 2.07 bits per heavy atom. The van der Waals surface area contributed by atoms with E-state index in [9.17, 15) is 0 Å². The zero-order valence-corrected chi connectivity index (χ0v) is 9.50. The predicted octanol–water partition coefficient (Wildman–Crippen LogP) is 2.71. The molecular formula is C12H25NO. The first kappa shape index (κ1) is 12.0. The van der Waals surface area contributed by atoms with Crippen LogP contribution in [0.25, 0.3) is 0 Å². The summed E-state index contributed by atoms with van der Waals surface area (Å²) in [6, 6.07) is 0. The lowest BCUT2D eigenvalue weighted by molar-refractivity contribution is 0.0279. The monoisotopic (exact) mass is 199 g/mol. The van der Waals surface area contributed by atoms with Gasteiger partial charge in [0.2, 0.25) is 0 Å². The van der Waals surface area contributed by atoms with E-state index < -0.39 is 0 Å². The van der Waals surface area contributed by atoms with Gasteiger partial charge in [-0.1, -0.05) is 32.6 Å². The highest BCUT2D eigenvalue weighted by Gasteiger charge is 2.26. The topological polar surface area (TPSA) is 35.2 Å². The van der Waals surface area contributed by atoms with Gasteiger partial charge in [-0.15, -0.1) is 0 Å². The number of nitrogens with two attached hydrogens (primary N) is 1. The van der Waals surface area contributed by atoms with E-state index in [1.807, 2.05) is 0 Å². The van der Waals surface area contributed by atoms with Crippen LogP contribution in [0.3, 0.4) is 0 Å². The average molecular weight is 199 g/mol. The molecule has 2 unspecified atom stereocenters. The SMILES string of the molecule is CCCCCCOC1CCCC1CN. The molecule has 1 aliphatic rings. The van der Waals surface area contributed by atoms with E-state index in [4.69, 9.17) is 10.5 Å². The van der Waals surface area contributed by atoms with Gasteiger partial charge in [0.25, 0.3) is 0 Å². The fraction of sp³-hybridized carbons (Fsp3) is 1.00. The Kier molecular flexibility index (Phi) is 6.20. The maximum absolute atomic E-state index is 5.87. The normalized spacial score (nSPS) is 27.0. The van der Waals surface area contributed by atoms with Gasteiger partial charge in [0.15, 0.2) is 0 Å². The number of hydrogen-bond acceptors (Lipinski definition) is 2. The van der Waals surface area contributed by atoms with E-state index in [1.54, 1.807) is 0 Å². The van der Waals surface area contributed by atoms with Crippen molar-refractivity contribution >= 4 is 0 Å². The standard InChI is InChI=1S/C12H25NO/c1-2-3-4-5-9-14-12-8-6-7-11(12)10-13/h11-12H,2-10,13H2,1H3. The summed E-state index contributed by atoms with van der Waals surface area (Å²) in [7, 11) is 0. The quantitative estimate of drug-likeness (QED) is 0.640. The van der Waals surface area contributed by atoms with Crippen molar-refractivity contribution in [3.05, 3.63) is 0 Å². The van der Waals surface area contributed by atoms with Gasteiger partial charge in [0, 0.05) is 6.61 Å². The number of rotatable bonds is 7. The first-order valence-electron chi connectivity index (χ1n) is 6.20. The van der Waals surface area contributed by atoms with Crippen molar-refractivity contribution in [2.24, 2.45) is 11.7 Å². The lowest BCUT2D eigenvalue weighted by Crippen LogP contribution is -2.25. The smallest absolute Gasteiger partial charge is 0.0615 e. The Morgan fingerprint density at radius 1 is 1.21 bits per heavy atom. The maximum Gasteiger partial charge on any atom is 0.0615 e. The van der Waals surface area contributed by atoms with Gasteiger partial charge in [0.1, 0.15) is 0 Å². The fourth-order valence-corrected chi connectivity index (χ4v) is 2.26. The van der Waals surface area contributed by atoms with Crippen LogP contribution >= 0.6 is 0 Å². The van der Waals surface area contributed by atoms with E-state index in [0.29, 0.717) is 12.0 Å². The molecule has 0 aliphatic heterocycles. The molecule has 84 valence electrons. The van der Waals surface area contributed by atoms with Crippen LogP contribution in [-0.2, 0) is 4.74 Å². The van der Waals surface area contributed by atoms with Gasteiger partial charge in [-0.2, -0.15) is 0 Å². The van der Waals surface area contributed by atoms with Crippen LogP contribution in [0.1, 0.15) is 51.9 Å². The van der Waals surface area contributed by atoms with Crippen molar-refractivity contribution in [3.63, 3.8) is 0 Å². The van der Waals surface area contributed by atoms with Gasteiger partial charge < -0.3 is 10.5 Å². The lowest BCUT2D eigenvalue weighted by atomic mass is 10.1. The third kappa shape index (κ3) is 3.97. The zero-order valence-electron chi connectivity index (χ0n) is 9.50. The molecule has 0 aromatic heterocycles. The molecule has 0 aromatic rings. The second-order valence-electron chi connectivity index (χ2n) is 4.40. The molecular weight excluding hydrogens is 174 g/mol. The fourth-order valence-electron chi connectivity index (χ4n) is 2.26. The highest BCUT2D eigenvalue weighted by molar-refractivity contribution is 4.78. The third-order valence-electron chi connectivity index (χ3n) is 3.22. The van der Waals surface area contributed by atoms with Crippen LogP contribution in [-0.4, -0.2) is 19.3 Å². The molecule has 0 heterocycles. The van der Waals surface area contributed by atoms with E-state index >= 15 is 0 Å². The minimum atomic E-state index is 0.474. The molecule has 2 nitrogen and oxygen atoms in total. The summed E-state index contributed by atoms with van der Waals surface area (Å²) in [6.07, 6.45) is 9.47. The molecule has 0 saturated heterocycles. The van der Waals surface area contributed by atoms with Crippen molar-refractivity contribution in [1.29, 1.82) is 0 Å². The summed E-state index contributed by atoms with van der Waals surface area (Å²) in [5.74, 6) is 0.640. The Balaban J connectivity index is 2.00. The summed E-state index contributed by atoms with van der Waals surface area (Å²) in [5.41, 5.74) is 5.70. The van der Waals surface area contributed by atoms with Crippen LogP contribution in [0.2, 0.25) is 0 Å². The summed E-state index contributed by atoms with van der Waals surface area (Å²) >= 11 is 0. The summed E-state index contributed by atoms with van der Waals surface area (Å²) < 4.78 is 5.87. The highest BCUT2D eigenvalue weighted by Crippen LogP contribution is 2.27. The Morgan fingerprint density at radius 3 is 2.79 bits per heavy atom. The third-order valence-corrected chi connectivity index (χ3v) is 3.22. The number of ether oxygens (including phenoxy) is 1. The van der Waals surface area contributed by atoms with Crippen LogP contribution in [0.5, 0.6) is 0 Å². The zero-order chi connectivity index (χ0) is 10.2. The molecule has 1 rings (SSSR count). The van der Waals surface area contributed by atoms with E-state index in [0.717, 1.165) is 13.2 Å². The molecule has 1 fully saturated rings. The Hall–Kier alpha value is -0.0800. The number of hydrogen-bond donors (Lipinski definition) is 1. The Labute approximate surface area is 88.2 Å². The molecule has 2 atom stereocenters. The summed E-state index contributed by atoms with van der Waals surface area (Å²) in [5, 5.41) is 0. The molecule has 14 heavy (non-hydrogen) atoms. The van der Waals surface area contributed by atoms with Crippen molar-refractivity contribution < 1.29 is 4.74 Å². The molecule has 1 saturated carbocycles. The molecule has 0 aromatic carbocycles. The Bertz CT molecular complexity index is 138. The van der Waals surface area contributed by atoms with Gasteiger partial charge in [-0.05, 0) is 31.7 Å². The molecule has 2 heteroatoms. The molecule has 0 spiro atoms. The van der Waals surface area contributed by atoms with E-state index in [1.165, 1.54) is 44.9 Å². The first-order chi connectivity index (χ1) is 6.88. The molecule has 2 N–H and O–H groups in total. The summed E-state index contributed by atoms with van der Waals surface area (Å²) in [6.45, 7) is 3.99.